The first kappa shape index (κ1) is 15.6. The van der Waals surface area contributed by atoms with Gasteiger partial charge in [-0.05, 0) is 31.9 Å². The molecule has 0 radical (unpaired) electrons. The summed E-state index contributed by atoms with van der Waals surface area (Å²) in [6.45, 7) is 3.87. The van der Waals surface area contributed by atoms with Gasteiger partial charge in [0.15, 0.2) is 0 Å². The molecule has 1 aliphatic rings. The van der Waals surface area contributed by atoms with Crippen molar-refractivity contribution in [3.63, 3.8) is 0 Å². The Morgan fingerprint density at radius 3 is 2.52 bits per heavy atom. The molecule has 2 rings (SSSR count). The predicted molar refractivity (Wildman–Crippen MR) is 74.9 cm³/mol. The van der Waals surface area contributed by atoms with Gasteiger partial charge in [-0.1, -0.05) is 11.6 Å². The highest BCUT2D eigenvalue weighted by Gasteiger charge is 2.30. The van der Waals surface area contributed by atoms with Gasteiger partial charge in [-0.25, -0.2) is 8.42 Å². The molecule has 21 heavy (non-hydrogen) atoms. The number of nitrogens with zero attached hydrogens (tertiary/aromatic N) is 2. The van der Waals surface area contributed by atoms with Crippen LogP contribution < -0.4 is 0 Å². The van der Waals surface area contributed by atoms with Crippen molar-refractivity contribution < 1.29 is 17.7 Å². The monoisotopic (exact) mass is 314 g/mol. The summed E-state index contributed by atoms with van der Waals surface area (Å²) in [5.74, 6) is -1.04. The number of benzene rings is 1. The molecule has 1 aromatic rings. The van der Waals surface area contributed by atoms with Gasteiger partial charge in [0.25, 0.3) is 0 Å². The SMILES string of the molecule is CC1=CCN(S(=O)(=O)c2cc([N+](=O)[O-])c(F)cc2C)CC1. The van der Waals surface area contributed by atoms with E-state index in [9.17, 15) is 22.9 Å². The summed E-state index contributed by atoms with van der Waals surface area (Å²) in [4.78, 5) is 9.64. The van der Waals surface area contributed by atoms with Crippen LogP contribution in [0.2, 0.25) is 0 Å². The molecule has 0 amide bonds. The van der Waals surface area contributed by atoms with Crippen LogP contribution in [0.1, 0.15) is 18.9 Å². The van der Waals surface area contributed by atoms with Crippen molar-refractivity contribution in [1.82, 2.24) is 4.31 Å². The highest BCUT2D eigenvalue weighted by molar-refractivity contribution is 7.89. The number of hydrogen-bond acceptors (Lipinski definition) is 4. The Kier molecular flexibility index (Phi) is 4.11. The molecule has 0 fully saturated rings. The summed E-state index contributed by atoms with van der Waals surface area (Å²) in [6.07, 6.45) is 2.41. The number of aryl methyl sites for hydroxylation is 1. The third-order valence-electron chi connectivity index (χ3n) is 3.46. The van der Waals surface area contributed by atoms with E-state index in [1.807, 2.05) is 6.92 Å². The molecule has 114 valence electrons. The Labute approximate surface area is 122 Å². The molecular formula is C13H15FN2O4S. The first-order valence-electron chi connectivity index (χ1n) is 6.34. The molecule has 1 aromatic carbocycles. The highest BCUT2D eigenvalue weighted by Crippen LogP contribution is 2.28. The minimum absolute atomic E-state index is 0.157. The van der Waals surface area contributed by atoms with Crippen LogP contribution in [0.15, 0.2) is 28.7 Å². The Bertz CT molecular complexity index is 728. The van der Waals surface area contributed by atoms with Crippen molar-refractivity contribution in [1.29, 1.82) is 0 Å². The smallest absolute Gasteiger partial charge is 0.258 e. The van der Waals surface area contributed by atoms with Gasteiger partial charge in [-0.3, -0.25) is 10.1 Å². The van der Waals surface area contributed by atoms with E-state index in [2.05, 4.69) is 0 Å². The van der Waals surface area contributed by atoms with Gasteiger partial charge < -0.3 is 0 Å². The lowest BCUT2D eigenvalue weighted by atomic mass is 10.1. The fraction of sp³-hybridized carbons (Fsp3) is 0.385. The molecule has 1 heterocycles. The summed E-state index contributed by atoms with van der Waals surface area (Å²) < 4.78 is 39.8. The van der Waals surface area contributed by atoms with Gasteiger partial charge in [0.2, 0.25) is 15.8 Å². The lowest BCUT2D eigenvalue weighted by Gasteiger charge is -2.25. The largest absolute Gasteiger partial charge is 0.306 e. The molecule has 0 saturated heterocycles. The molecule has 0 saturated carbocycles. The van der Waals surface area contributed by atoms with E-state index < -0.39 is 26.5 Å². The zero-order chi connectivity index (χ0) is 15.8. The number of hydrogen-bond donors (Lipinski definition) is 0. The Morgan fingerprint density at radius 2 is 2.00 bits per heavy atom. The summed E-state index contributed by atoms with van der Waals surface area (Å²) in [6, 6.07) is 1.68. The van der Waals surface area contributed by atoms with Crippen molar-refractivity contribution in [2.45, 2.75) is 25.2 Å². The second-order valence-electron chi connectivity index (χ2n) is 4.99. The van der Waals surface area contributed by atoms with E-state index in [0.717, 1.165) is 17.7 Å². The van der Waals surface area contributed by atoms with Crippen molar-refractivity contribution in [3.8, 4) is 0 Å². The normalized spacial score (nSPS) is 16.6. The Morgan fingerprint density at radius 1 is 1.33 bits per heavy atom. The van der Waals surface area contributed by atoms with Crippen LogP contribution in [0.25, 0.3) is 0 Å². The Hall–Kier alpha value is -1.80. The fourth-order valence-electron chi connectivity index (χ4n) is 2.17. The Balaban J connectivity index is 2.50. The molecule has 1 aliphatic heterocycles. The van der Waals surface area contributed by atoms with Gasteiger partial charge in [0, 0.05) is 19.2 Å². The molecule has 6 nitrogen and oxygen atoms in total. The number of rotatable bonds is 3. The summed E-state index contributed by atoms with van der Waals surface area (Å²) in [7, 11) is -3.87. The predicted octanol–water partition coefficient (Wildman–Crippen LogP) is 2.38. The number of nitro benzene ring substituents is 1. The maximum Gasteiger partial charge on any atom is 0.306 e. The average Bonchev–Trinajstić information content (AvgIpc) is 2.38. The first-order chi connectivity index (χ1) is 9.73. The molecule has 0 N–H and O–H groups in total. The van der Waals surface area contributed by atoms with E-state index in [0.29, 0.717) is 13.0 Å². The molecule has 0 spiro atoms. The van der Waals surface area contributed by atoms with Crippen LogP contribution in [0.4, 0.5) is 10.1 Å². The number of sulfonamides is 1. The molecular weight excluding hydrogens is 299 g/mol. The molecule has 0 aromatic heterocycles. The van der Waals surface area contributed by atoms with Gasteiger partial charge in [-0.2, -0.15) is 8.70 Å². The third-order valence-corrected chi connectivity index (χ3v) is 5.46. The number of halogens is 1. The second kappa shape index (κ2) is 5.53. The minimum atomic E-state index is -3.87. The van der Waals surface area contributed by atoms with E-state index in [-0.39, 0.29) is 17.0 Å². The molecule has 0 unspecified atom stereocenters. The topological polar surface area (TPSA) is 80.5 Å². The van der Waals surface area contributed by atoms with Crippen molar-refractivity contribution in [2.24, 2.45) is 0 Å². The fourth-order valence-corrected chi connectivity index (χ4v) is 3.78. The minimum Gasteiger partial charge on any atom is -0.258 e. The van der Waals surface area contributed by atoms with Crippen molar-refractivity contribution >= 4 is 15.7 Å². The maximum absolute atomic E-state index is 13.5. The molecule has 0 bridgehead atoms. The second-order valence-corrected chi connectivity index (χ2v) is 6.90. The molecule has 0 atom stereocenters. The van der Waals surface area contributed by atoms with Gasteiger partial charge in [-0.15, -0.1) is 0 Å². The molecule has 0 aliphatic carbocycles. The zero-order valence-electron chi connectivity index (χ0n) is 11.7. The quantitative estimate of drug-likeness (QED) is 0.487. The van der Waals surface area contributed by atoms with Gasteiger partial charge in [0.1, 0.15) is 0 Å². The summed E-state index contributed by atoms with van der Waals surface area (Å²) in [5.41, 5.74) is 0.426. The third kappa shape index (κ3) is 2.96. The number of nitro groups is 1. The van der Waals surface area contributed by atoms with Crippen LogP contribution in [-0.2, 0) is 10.0 Å². The van der Waals surface area contributed by atoms with Crippen molar-refractivity contribution in [2.75, 3.05) is 13.1 Å². The van der Waals surface area contributed by atoms with Crippen LogP contribution in [0.3, 0.4) is 0 Å². The van der Waals surface area contributed by atoms with Gasteiger partial charge >= 0.3 is 5.69 Å². The molecule has 8 heteroatoms. The van der Waals surface area contributed by atoms with Crippen LogP contribution in [0, 0.1) is 22.9 Å². The highest BCUT2D eigenvalue weighted by atomic mass is 32.2. The lowest BCUT2D eigenvalue weighted by molar-refractivity contribution is -0.387. The van der Waals surface area contributed by atoms with E-state index in [1.165, 1.54) is 11.2 Å². The van der Waals surface area contributed by atoms with E-state index >= 15 is 0 Å². The zero-order valence-corrected chi connectivity index (χ0v) is 12.5. The van der Waals surface area contributed by atoms with Crippen molar-refractivity contribution in [3.05, 3.63) is 45.3 Å². The summed E-state index contributed by atoms with van der Waals surface area (Å²) in [5, 5.41) is 10.8. The van der Waals surface area contributed by atoms with Crippen LogP contribution in [0.5, 0.6) is 0 Å². The van der Waals surface area contributed by atoms with Crippen LogP contribution >= 0.6 is 0 Å². The van der Waals surface area contributed by atoms with Gasteiger partial charge in [0.05, 0.1) is 9.82 Å². The van der Waals surface area contributed by atoms with E-state index in [1.54, 1.807) is 6.08 Å². The lowest BCUT2D eigenvalue weighted by Crippen LogP contribution is -2.35. The maximum atomic E-state index is 13.5. The summed E-state index contributed by atoms with van der Waals surface area (Å²) >= 11 is 0. The first-order valence-corrected chi connectivity index (χ1v) is 7.78. The van der Waals surface area contributed by atoms with E-state index in [4.69, 9.17) is 0 Å². The standard InChI is InChI=1S/C13H15FN2O4S/c1-9-3-5-15(6-4-9)21(19,20)13-8-12(16(17)18)11(14)7-10(13)2/h3,7-8H,4-6H2,1-2H3. The average molecular weight is 314 g/mol. The van der Waals surface area contributed by atoms with Crippen LogP contribution in [-0.4, -0.2) is 30.7 Å².